The van der Waals surface area contributed by atoms with Crippen molar-refractivity contribution < 1.29 is 4.74 Å². The third-order valence-corrected chi connectivity index (χ3v) is 4.76. The molecule has 0 heterocycles. The molecule has 1 aliphatic carbocycles. The largest absolute Gasteiger partial charge is 0.383 e. The maximum absolute atomic E-state index is 5.03. The first-order valence-electron chi connectivity index (χ1n) is 8.36. The van der Waals surface area contributed by atoms with E-state index in [0.717, 1.165) is 31.5 Å². The van der Waals surface area contributed by atoms with E-state index in [9.17, 15) is 0 Å². The van der Waals surface area contributed by atoms with Crippen LogP contribution in [0.25, 0.3) is 0 Å². The van der Waals surface area contributed by atoms with Gasteiger partial charge in [-0.25, -0.2) is 0 Å². The van der Waals surface area contributed by atoms with Gasteiger partial charge in [0.25, 0.3) is 0 Å². The monoisotopic (exact) mass is 284 g/mol. The van der Waals surface area contributed by atoms with Crippen molar-refractivity contribution in [3.05, 3.63) is 0 Å². The molecule has 0 amide bonds. The van der Waals surface area contributed by atoms with Crippen molar-refractivity contribution in [3.8, 4) is 0 Å². The maximum atomic E-state index is 5.03. The van der Waals surface area contributed by atoms with E-state index >= 15 is 0 Å². The third-order valence-electron chi connectivity index (χ3n) is 4.76. The van der Waals surface area contributed by atoms with Crippen molar-refractivity contribution >= 4 is 0 Å². The lowest BCUT2D eigenvalue weighted by Gasteiger charge is -2.37. The number of methoxy groups -OCH3 is 1. The predicted molar refractivity (Wildman–Crippen MR) is 87.1 cm³/mol. The smallest absolute Gasteiger partial charge is 0.0587 e. The van der Waals surface area contributed by atoms with E-state index in [1.54, 1.807) is 7.11 Å². The van der Waals surface area contributed by atoms with Crippen LogP contribution in [-0.4, -0.2) is 39.4 Å². The van der Waals surface area contributed by atoms with Crippen molar-refractivity contribution in [2.24, 2.45) is 17.3 Å². The summed E-state index contributed by atoms with van der Waals surface area (Å²) < 4.78 is 5.03. The van der Waals surface area contributed by atoms with Crippen LogP contribution in [0.1, 0.15) is 53.4 Å². The molecule has 1 atom stereocenters. The zero-order chi connectivity index (χ0) is 15.0. The van der Waals surface area contributed by atoms with Gasteiger partial charge in [-0.3, -0.25) is 0 Å². The van der Waals surface area contributed by atoms with Crippen LogP contribution >= 0.6 is 0 Å². The molecule has 2 N–H and O–H groups in total. The van der Waals surface area contributed by atoms with Gasteiger partial charge >= 0.3 is 0 Å². The molecule has 0 aromatic heterocycles. The van der Waals surface area contributed by atoms with Crippen molar-refractivity contribution in [1.29, 1.82) is 0 Å². The van der Waals surface area contributed by atoms with E-state index in [-0.39, 0.29) is 0 Å². The fourth-order valence-electron chi connectivity index (χ4n) is 3.17. The van der Waals surface area contributed by atoms with Gasteiger partial charge in [-0.1, -0.05) is 20.8 Å². The average molecular weight is 284 g/mol. The lowest BCUT2D eigenvalue weighted by Crippen LogP contribution is -2.40. The lowest BCUT2D eigenvalue weighted by molar-refractivity contribution is 0.147. The number of nitrogens with one attached hydrogen (secondary N) is 2. The minimum Gasteiger partial charge on any atom is -0.383 e. The van der Waals surface area contributed by atoms with Gasteiger partial charge in [-0.15, -0.1) is 0 Å². The Morgan fingerprint density at radius 1 is 1.15 bits per heavy atom. The van der Waals surface area contributed by atoms with Crippen LogP contribution in [0, 0.1) is 17.3 Å². The van der Waals surface area contributed by atoms with Gasteiger partial charge in [0.2, 0.25) is 0 Å². The molecule has 0 aromatic rings. The molecule has 120 valence electrons. The zero-order valence-electron chi connectivity index (χ0n) is 14.3. The molecule has 0 bridgehead atoms. The van der Waals surface area contributed by atoms with Crippen LogP contribution in [-0.2, 0) is 4.74 Å². The minimum atomic E-state index is 0.497. The molecule has 0 spiro atoms. The lowest BCUT2D eigenvalue weighted by atomic mass is 9.70. The van der Waals surface area contributed by atoms with Crippen LogP contribution < -0.4 is 10.6 Å². The fraction of sp³-hybridized carbons (Fsp3) is 1.00. The molecule has 0 saturated heterocycles. The highest BCUT2D eigenvalue weighted by molar-refractivity contribution is 4.81. The van der Waals surface area contributed by atoms with E-state index in [1.165, 1.54) is 32.2 Å². The Morgan fingerprint density at radius 2 is 1.80 bits per heavy atom. The Labute approximate surface area is 126 Å². The Morgan fingerprint density at radius 3 is 2.35 bits per heavy atom. The summed E-state index contributed by atoms with van der Waals surface area (Å²) in [7, 11) is 1.75. The van der Waals surface area contributed by atoms with Crippen LogP contribution in [0.2, 0.25) is 0 Å². The van der Waals surface area contributed by atoms with Crippen molar-refractivity contribution in [2.45, 2.75) is 59.4 Å². The van der Waals surface area contributed by atoms with Gasteiger partial charge in [-0.2, -0.15) is 0 Å². The first-order chi connectivity index (χ1) is 9.43. The van der Waals surface area contributed by atoms with Gasteiger partial charge in [0, 0.05) is 26.2 Å². The Hall–Kier alpha value is -0.120. The molecule has 1 rings (SSSR count). The molecule has 0 aliphatic heterocycles. The van der Waals surface area contributed by atoms with Crippen LogP contribution in [0.3, 0.4) is 0 Å². The van der Waals surface area contributed by atoms with Crippen molar-refractivity contribution in [1.82, 2.24) is 10.6 Å². The summed E-state index contributed by atoms with van der Waals surface area (Å²) in [6.07, 6.45) is 5.63. The molecule has 1 unspecified atom stereocenters. The molecule has 0 aromatic carbocycles. The fourth-order valence-corrected chi connectivity index (χ4v) is 3.17. The van der Waals surface area contributed by atoms with Gasteiger partial charge in [0.15, 0.2) is 0 Å². The molecule has 1 fully saturated rings. The highest BCUT2D eigenvalue weighted by atomic mass is 16.5. The second-order valence-corrected chi connectivity index (χ2v) is 7.59. The molecule has 20 heavy (non-hydrogen) atoms. The number of rotatable bonds is 8. The highest BCUT2D eigenvalue weighted by Crippen LogP contribution is 2.39. The normalized spacial score (nSPS) is 25.6. The average Bonchev–Trinajstić information content (AvgIpc) is 2.41. The summed E-state index contributed by atoms with van der Waals surface area (Å²) >= 11 is 0. The third kappa shape index (κ3) is 7.05. The van der Waals surface area contributed by atoms with Gasteiger partial charge in [0.1, 0.15) is 0 Å². The summed E-state index contributed by atoms with van der Waals surface area (Å²) in [6.45, 7) is 13.4. The quantitative estimate of drug-likeness (QED) is 0.672. The van der Waals surface area contributed by atoms with E-state index in [2.05, 4.69) is 38.3 Å². The Balaban J connectivity index is 2.09. The SMILES string of the molecule is COCCNCC(C)NCC1CCC(C(C)(C)C)CC1. The molecular formula is C17H36N2O. The topological polar surface area (TPSA) is 33.3 Å². The molecule has 1 aliphatic rings. The summed E-state index contributed by atoms with van der Waals surface area (Å²) in [4.78, 5) is 0. The summed E-state index contributed by atoms with van der Waals surface area (Å²) in [5, 5.41) is 7.09. The minimum absolute atomic E-state index is 0.497. The van der Waals surface area contributed by atoms with Gasteiger partial charge < -0.3 is 15.4 Å². The maximum Gasteiger partial charge on any atom is 0.0587 e. The highest BCUT2D eigenvalue weighted by Gasteiger charge is 2.29. The second kappa shape index (κ2) is 9.01. The predicted octanol–water partition coefficient (Wildman–Crippen LogP) is 3.05. The summed E-state index contributed by atoms with van der Waals surface area (Å²) in [5.41, 5.74) is 0.497. The summed E-state index contributed by atoms with van der Waals surface area (Å²) in [5.74, 6) is 1.81. The molecule has 0 radical (unpaired) electrons. The van der Waals surface area contributed by atoms with Gasteiger partial charge in [-0.05, 0) is 56.4 Å². The number of hydrogen-bond acceptors (Lipinski definition) is 3. The molecular weight excluding hydrogens is 248 g/mol. The number of ether oxygens (including phenoxy) is 1. The molecule has 3 heteroatoms. The second-order valence-electron chi connectivity index (χ2n) is 7.59. The van der Waals surface area contributed by atoms with Crippen LogP contribution in [0.15, 0.2) is 0 Å². The standard InChI is InChI=1S/C17H36N2O/c1-14(12-18-10-11-20-5)19-13-15-6-8-16(9-7-15)17(2,3)4/h14-16,18-19H,6-13H2,1-5H3. The first-order valence-corrected chi connectivity index (χ1v) is 8.36. The molecule has 3 nitrogen and oxygen atoms in total. The summed E-state index contributed by atoms with van der Waals surface area (Å²) in [6, 6.07) is 0.548. The van der Waals surface area contributed by atoms with Gasteiger partial charge in [0.05, 0.1) is 6.61 Å². The van der Waals surface area contributed by atoms with Crippen molar-refractivity contribution in [3.63, 3.8) is 0 Å². The van der Waals surface area contributed by atoms with Crippen LogP contribution in [0.4, 0.5) is 0 Å². The van der Waals surface area contributed by atoms with E-state index in [0.29, 0.717) is 11.5 Å². The van der Waals surface area contributed by atoms with E-state index < -0.39 is 0 Å². The zero-order valence-corrected chi connectivity index (χ0v) is 14.3. The Kier molecular flexibility index (Phi) is 8.08. The van der Waals surface area contributed by atoms with E-state index in [1.807, 2.05) is 0 Å². The first kappa shape index (κ1) is 17.9. The molecule has 1 saturated carbocycles. The van der Waals surface area contributed by atoms with Crippen molar-refractivity contribution in [2.75, 3.05) is 33.4 Å². The van der Waals surface area contributed by atoms with E-state index in [4.69, 9.17) is 4.74 Å². The van der Waals surface area contributed by atoms with Crippen LogP contribution in [0.5, 0.6) is 0 Å². The number of hydrogen-bond donors (Lipinski definition) is 2. The Bertz CT molecular complexity index is 242.